The van der Waals surface area contributed by atoms with Gasteiger partial charge in [0.05, 0.1) is 18.6 Å². The smallest absolute Gasteiger partial charge is 0.310 e. The average molecular weight is 282 g/mol. The van der Waals surface area contributed by atoms with E-state index in [-0.39, 0.29) is 12.4 Å². The second-order valence-electron chi connectivity index (χ2n) is 3.37. The van der Waals surface area contributed by atoms with Crippen molar-refractivity contribution in [2.45, 2.75) is 20.3 Å². The molecule has 1 aromatic rings. The van der Waals surface area contributed by atoms with Gasteiger partial charge in [0.25, 0.3) is 0 Å². The highest BCUT2D eigenvalue weighted by Gasteiger charge is 2.09. The number of carbonyl (C=O) groups is 1. The van der Waals surface area contributed by atoms with Crippen molar-refractivity contribution in [3.8, 4) is 6.07 Å². The molecule has 0 aromatic heterocycles. The Bertz CT molecular complexity index is 449. The summed E-state index contributed by atoms with van der Waals surface area (Å²) in [5.41, 5.74) is 2.29. The molecule has 1 aromatic carbocycles. The molecule has 0 saturated carbocycles. The second-order valence-corrected chi connectivity index (χ2v) is 4.16. The van der Waals surface area contributed by atoms with Crippen LogP contribution in [0.15, 0.2) is 16.6 Å². The van der Waals surface area contributed by atoms with Crippen LogP contribution >= 0.6 is 15.9 Å². The maximum atomic E-state index is 11.3. The molecule has 0 atom stereocenters. The van der Waals surface area contributed by atoms with Gasteiger partial charge < -0.3 is 4.74 Å². The first kappa shape index (κ1) is 12.7. The molecule has 16 heavy (non-hydrogen) atoms. The Hall–Kier alpha value is -1.34. The molecule has 1 rings (SSSR count). The summed E-state index contributed by atoms with van der Waals surface area (Å²) in [5.74, 6) is -0.270. The number of nitrogens with zero attached hydrogens (tertiary/aromatic N) is 1. The Morgan fingerprint density at radius 3 is 2.81 bits per heavy atom. The first-order valence-corrected chi connectivity index (χ1v) is 5.72. The zero-order valence-electron chi connectivity index (χ0n) is 9.21. The number of hydrogen-bond acceptors (Lipinski definition) is 3. The van der Waals surface area contributed by atoms with Gasteiger partial charge >= 0.3 is 5.97 Å². The van der Waals surface area contributed by atoms with Crippen molar-refractivity contribution in [3.05, 3.63) is 33.3 Å². The molecule has 0 aliphatic carbocycles. The summed E-state index contributed by atoms with van der Waals surface area (Å²) < 4.78 is 5.64. The highest BCUT2D eigenvalue weighted by Crippen LogP contribution is 2.23. The SMILES string of the molecule is CCOC(=O)Cc1cc(C)c(Br)c(C#N)c1. The lowest BCUT2D eigenvalue weighted by molar-refractivity contribution is -0.142. The summed E-state index contributed by atoms with van der Waals surface area (Å²) in [6.45, 7) is 4.03. The lowest BCUT2D eigenvalue weighted by atomic mass is 10.0. The molecule has 3 nitrogen and oxygen atoms in total. The highest BCUT2D eigenvalue weighted by molar-refractivity contribution is 9.10. The van der Waals surface area contributed by atoms with Gasteiger partial charge in [-0.1, -0.05) is 6.07 Å². The number of hydrogen-bond donors (Lipinski definition) is 0. The van der Waals surface area contributed by atoms with E-state index in [9.17, 15) is 4.79 Å². The summed E-state index contributed by atoms with van der Waals surface area (Å²) in [4.78, 5) is 11.3. The van der Waals surface area contributed by atoms with Gasteiger partial charge in [-0.3, -0.25) is 4.79 Å². The van der Waals surface area contributed by atoms with E-state index in [1.165, 1.54) is 0 Å². The van der Waals surface area contributed by atoms with E-state index in [1.807, 2.05) is 13.0 Å². The molecule has 0 amide bonds. The summed E-state index contributed by atoms with van der Waals surface area (Å²) in [7, 11) is 0. The van der Waals surface area contributed by atoms with Crippen LogP contribution in [0.3, 0.4) is 0 Å². The zero-order valence-corrected chi connectivity index (χ0v) is 10.8. The fraction of sp³-hybridized carbons (Fsp3) is 0.333. The minimum Gasteiger partial charge on any atom is -0.466 e. The molecular formula is C12H12BrNO2. The van der Waals surface area contributed by atoms with E-state index < -0.39 is 0 Å². The normalized spacial score (nSPS) is 9.62. The van der Waals surface area contributed by atoms with Gasteiger partial charge in [0.2, 0.25) is 0 Å². The number of ether oxygens (including phenoxy) is 1. The molecule has 0 fully saturated rings. The molecule has 0 unspecified atom stereocenters. The molecular weight excluding hydrogens is 270 g/mol. The van der Waals surface area contributed by atoms with Crippen molar-refractivity contribution in [2.75, 3.05) is 6.61 Å². The molecule has 0 heterocycles. The van der Waals surface area contributed by atoms with Crippen LogP contribution in [-0.4, -0.2) is 12.6 Å². The third-order valence-corrected chi connectivity index (χ3v) is 3.14. The monoisotopic (exact) mass is 281 g/mol. The van der Waals surface area contributed by atoms with E-state index >= 15 is 0 Å². The van der Waals surface area contributed by atoms with Gasteiger partial charge in [-0.05, 0) is 47.0 Å². The van der Waals surface area contributed by atoms with Crippen LogP contribution in [0.1, 0.15) is 23.6 Å². The lowest BCUT2D eigenvalue weighted by Crippen LogP contribution is -2.08. The van der Waals surface area contributed by atoms with Crippen molar-refractivity contribution in [3.63, 3.8) is 0 Å². The van der Waals surface area contributed by atoms with Crippen molar-refractivity contribution in [1.29, 1.82) is 5.26 Å². The quantitative estimate of drug-likeness (QED) is 0.801. The van der Waals surface area contributed by atoms with E-state index in [1.54, 1.807) is 13.0 Å². The number of aryl methyl sites for hydroxylation is 1. The van der Waals surface area contributed by atoms with Gasteiger partial charge in [-0.15, -0.1) is 0 Å². The molecule has 0 saturated heterocycles. The summed E-state index contributed by atoms with van der Waals surface area (Å²) in [5, 5.41) is 8.91. The largest absolute Gasteiger partial charge is 0.466 e. The van der Waals surface area contributed by atoms with Crippen LogP contribution in [0.5, 0.6) is 0 Å². The molecule has 0 N–H and O–H groups in total. The average Bonchev–Trinajstić information content (AvgIpc) is 2.23. The fourth-order valence-corrected chi connectivity index (χ4v) is 1.72. The molecule has 0 aliphatic rings. The van der Waals surface area contributed by atoms with Crippen molar-refractivity contribution >= 4 is 21.9 Å². The number of rotatable bonds is 3. The standard InChI is InChI=1S/C12H12BrNO2/c1-3-16-11(15)6-9-4-8(2)12(13)10(5-9)7-14/h4-5H,3,6H2,1-2H3. The third-order valence-electron chi connectivity index (χ3n) is 2.09. The Kier molecular flexibility index (Phi) is 4.51. The van der Waals surface area contributed by atoms with E-state index in [4.69, 9.17) is 10.00 Å². The molecule has 0 aliphatic heterocycles. The van der Waals surface area contributed by atoms with Gasteiger partial charge in [0.1, 0.15) is 6.07 Å². The van der Waals surface area contributed by atoms with Crippen LogP contribution in [0.25, 0.3) is 0 Å². The van der Waals surface area contributed by atoms with Crippen molar-refractivity contribution in [1.82, 2.24) is 0 Å². The van der Waals surface area contributed by atoms with Crippen molar-refractivity contribution < 1.29 is 9.53 Å². The Morgan fingerprint density at radius 2 is 2.25 bits per heavy atom. The summed E-state index contributed by atoms with van der Waals surface area (Å²) in [6, 6.07) is 5.66. The zero-order chi connectivity index (χ0) is 12.1. The summed E-state index contributed by atoms with van der Waals surface area (Å²) >= 11 is 3.33. The predicted octanol–water partition coefficient (Wildman–Crippen LogP) is 2.73. The van der Waals surface area contributed by atoms with E-state index in [0.717, 1.165) is 15.6 Å². The lowest BCUT2D eigenvalue weighted by Gasteiger charge is -2.06. The molecule has 0 radical (unpaired) electrons. The highest BCUT2D eigenvalue weighted by atomic mass is 79.9. The first-order chi connectivity index (χ1) is 7.58. The van der Waals surface area contributed by atoms with Crippen LogP contribution in [0.4, 0.5) is 0 Å². The maximum Gasteiger partial charge on any atom is 0.310 e. The van der Waals surface area contributed by atoms with Crippen LogP contribution < -0.4 is 0 Å². The van der Waals surface area contributed by atoms with Gasteiger partial charge in [-0.25, -0.2) is 0 Å². The number of benzene rings is 1. The third kappa shape index (κ3) is 3.07. The second kappa shape index (κ2) is 5.66. The Morgan fingerprint density at radius 1 is 1.56 bits per heavy atom. The first-order valence-electron chi connectivity index (χ1n) is 4.93. The van der Waals surface area contributed by atoms with Gasteiger partial charge in [-0.2, -0.15) is 5.26 Å². The number of esters is 1. The van der Waals surface area contributed by atoms with Crippen LogP contribution in [0, 0.1) is 18.3 Å². The number of carbonyl (C=O) groups excluding carboxylic acids is 1. The maximum absolute atomic E-state index is 11.3. The fourth-order valence-electron chi connectivity index (χ4n) is 1.41. The molecule has 4 heteroatoms. The van der Waals surface area contributed by atoms with Crippen LogP contribution in [-0.2, 0) is 16.0 Å². The number of halogens is 1. The van der Waals surface area contributed by atoms with Gasteiger partial charge in [0, 0.05) is 4.47 Å². The molecule has 84 valence electrons. The molecule has 0 bridgehead atoms. The minimum atomic E-state index is -0.270. The number of nitriles is 1. The van der Waals surface area contributed by atoms with E-state index in [2.05, 4.69) is 22.0 Å². The van der Waals surface area contributed by atoms with Gasteiger partial charge in [0.15, 0.2) is 0 Å². The molecule has 0 spiro atoms. The Labute approximate surface area is 103 Å². The minimum absolute atomic E-state index is 0.205. The summed E-state index contributed by atoms with van der Waals surface area (Å²) in [6.07, 6.45) is 0.205. The van der Waals surface area contributed by atoms with Crippen LogP contribution in [0.2, 0.25) is 0 Å². The predicted molar refractivity (Wildman–Crippen MR) is 63.9 cm³/mol. The Balaban J connectivity index is 2.95. The van der Waals surface area contributed by atoms with E-state index in [0.29, 0.717) is 12.2 Å². The topological polar surface area (TPSA) is 50.1 Å². The van der Waals surface area contributed by atoms with Crippen molar-refractivity contribution in [2.24, 2.45) is 0 Å².